The summed E-state index contributed by atoms with van der Waals surface area (Å²) < 4.78 is 0. The predicted molar refractivity (Wildman–Crippen MR) is 277 cm³/mol. The van der Waals surface area contributed by atoms with Crippen molar-refractivity contribution >= 4 is 37.0 Å². The van der Waals surface area contributed by atoms with E-state index in [1.165, 1.54) is 58.2 Å². The topological polar surface area (TPSA) is 0 Å². The standard InChI is InChI=1S/C14H19P.3C14H15P.W/c4*1-14(15,12-8-4-2-5-9-12)13-10-6-3-7-11-13;/h2,4-6,8-10,13H,3,7,11,15H2,1H3;3*2-11H,15H2,1H3;. The van der Waals surface area contributed by atoms with Crippen molar-refractivity contribution < 1.29 is 21.1 Å². The Kier molecular flexibility index (Phi) is 20.2. The predicted octanol–water partition coefficient (Wildman–Crippen LogP) is 15.6. The van der Waals surface area contributed by atoms with Crippen molar-refractivity contribution in [3.05, 3.63) is 263 Å². The summed E-state index contributed by atoms with van der Waals surface area (Å²) in [5.74, 6) is 0.665. The fourth-order valence-electron chi connectivity index (χ4n) is 7.53. The van der Waals surface area contributed by atoms with Gasteiger partial charge in [-0.3, -0.25) is 0 Å². The second-order valence-corrected chi connectivity index (χ2v) is 21.1. The van der Waals surface area contributed by atoms with E-state index >= 15 is 0 Å². The molecule has 6 atom stereocenters. The van der Waals surface area contributed by atoms with Gasteiger partial charge in [0.05, 0.1) is 0 Å². The van der Waals surface area contributed by atoms with E-state index in [1.807, 2.05) is 0 Å². The maximum atomic E-state index is 3.05. The summed E-state index contributed by atoms with van der Waals surface area (Å²) in [4.78, 5) is 0. The molecule has 8 rings (SSSR count). The molecule has 0 aliphatic heterocycles. The molecule has 0 saturated carbocycles. The molecule has 0 aromatic heterocycles. The summed E-state index contributed by atoms with van der Waals surface area (Å²) in [7, 11) is 11.9. The molecule has 0 amide bonds. The Morgan fingerprint density at radius 1 is 0.344 bits per heavy atom. The van der Waals surface area contributed by atoms with Gasteiger partial charge in [-0.05, 0) is 84.9 Å². The van der Waals surface area contributed by atoms with Crippen molar-refractivity contribution in [3.8, 4) is 0 Å². The zero-order valence-electron chi connectivity index (χ0n) is 36.3. The van der Waals surface area contributed by atoms with E-state index in [0.717, 1.165) is 0 Å². The Labute approximate surface area is 392 Å². The zero-order valence-corrected chi connectivity index (χ0v) is 43.8. The van der Waals surface area contributed by atoms with E-state index in [1.54, 1.807) is 0 Å². The molecule has 0 saturated heterocycles. The zero-order chi connectivity index (χ0) is 42.9. The van der Waals surface area contributed by atoms with E-state index in [9.17, 15) is 0 Å². The quantitative estimate of drug-likeness (QED) is 0.105. The van der Waals surface area contributed by atoms with Crippen molar-refractivity contribution in [1.82, 2.24) is 0 Å². The number of rotatable bonds is 8. The molecule has 0 heterocycles. The van der Waals surface area contributed by atoms with Crippen LogP contribution in [0.15, 0.2) is 224 Å². The van der Waals surface area contributed by atoms with Gasteiger partial charge in [-0.25, -0.2) is 0 Å². The van der Waals surface area contributed by atoms with Crippen molar-refractivity contribution in [2.45, 2.75) is 67.6 Å². The maximum absolute atomic E-state index is 3.05. The third-order valence-electron chi connectivity index (χ3n) is 11.7. The monoisotopic (exact) mass is 1040 g/mol. The number of benzene rings is 7. The molecule has 0 nitrogen and oxygen atoms in total. The molecular formula is C56H64P4W. The molecule has 7 aromatic carbocycles. The van der Waals surface area contributed by atoms with Crippen LogP contribution in [0.1, 0.15) is 85.9 Å². The van der Waals surface area contributed by atoms with Crippen molar-refractivity contribution in [3.63, 3.8) is 0 Å². The molecule has 0 spiro atoms. The summed E-state index contributed by atoms with van der Waals surface area (Å²) in [5.41, 5.74) is 9.35. The average molecular weight is 1040 g/mol. The fraction of sp³-hybridized carbons (Fsp3) is 0.214. The third-order valence-corrected chi connectivity index (χ3v) is 14.4. The van der Waals surface area contributed by atoms with Crippen LogP contribution in [0.3, 0.4) is 0 Å². The van der Waals surface area contributed by atoms with E-state index in [2.05, 4.69) is 289 Å². The molecule has 0 N–H and O–H groups in total. The minimum Gasteiger partial charge on any atom is -0.126 e. The molecule has 0 radical (unpaired) electrons. The molecule has 7 aromatic rings. The molecule has 1 aliphatic carbocycles. The Morgan fingerprint density at radius 3 is 0.754 bits per heavy atom. The Hall–Kier alpha value is -3.31. The Morgan fingerprint density at radius 2 is 0.557 bits per heavy atom. The van der Waals surface area contributed by atoms with Crippen molar-refractivity contribution in [2.75, 3.05) is 0 Å². The Balaban J connectivity index is 0.000000178. The van der Waals surface area contributed by atoms with Crippen LogP contribution in [-0.2, 0) is 41.7 Å². The first kappa shape index (κ1) is 50.3. The van der Waals surface area contributed by atoms with Crippen LogP contribution in [-0.4, -0.2) is 0 Å². The van der Waals surface area contributed by atoms with Crippen LogP contribution in [0, 0.1) is 5.92 Å². The number of allylic oxidation sites excluding steroid dienone is 2. The van der Waals surface area contributed by atoms with Gasteiger partial charge >= 0.3 is 0 Å². The largest absolute Gasteiger partial charge is 0.126 e. The van der Waals surface area contributed by atoms with Crippen LogP contribution in [0.25, 0.3) is 0 Å². The number of hydrogen-bond donors (Lipinski definition) is 0. The second kappa shape index (κ2) is 24.5. The smallest absolute Gasteiger partial charge is 0.0316 e. The molecule has 314 valence electrons. The van der Waals surface area contributed by atoms with Crippen LogP contribution >= 0.6 is 37.0 Å². The normalized spacial score (nSPS) is 14.5. The molecular weight excluding hydrogens is 980 g/mol. The van der Waals surface area contributed by atoms with E-state index < -0.39 is 0 Å². The summed E-state index contributed by atoms with van der Waals surface area (Å²) in [6.45, 7) is 9.00. The molecule has 6 unspecified atom stereocenters. The van der Waals surface area contributed by atoms with E-state index in [0.29, 0.717) is 5.92 Å². The van der Waals surface area contributed by atoms with E-state index in [-0.39, 0.29) is 41.7 Å². The molecule has 1 aliphatic rings. The maximum Gasteiger partial charge on any atom is 0.0316 e. The first-order chi connectivity index (χ1) is 28.8. The molecule has 0 fully saturated rings. The van der Waals surface area contributed by atoms with Gasteiger partial charge in [0.25, 0.3) is 0 Å². The third kappa shape index (κ3) is 14.4. The van der Waals surface area contributed by atoms with Gasteiger partial charge in [0.2, 0.25) is 0 Å². The van der Waals surface area contributed by atoms with Crippen LogP contribution < -0.4 is 0 Å². The van der Waals surface area contributed by atoms with Gasteiger partial charge in [-0.15, -0.1) is 37.0 Å². The van der Waals surface area contributed by atoms with Crippen LogP contribution in [0.4, 0.5) is 0 Å². The first-order valence-corrected chi connectivity index (χ1v) is 23.4. The summed E-state index contributed by atoms with van der Waals surface area (Å²) in [6.07, 6.45) is 8.62. The minimum absolute atomic E-state index is 0. The number of hydrogen-bond acceptors (Lipinski definition) is 0. The average Bonchev–Trinajstić information content (AvgIpc) is 3.32. The summed E-state index contributed by atoms with van der Waals surface area (Å²) in [5, 5.41) is 0.200. The van der Waals surface area contributed by atoms with Crippen LogP contribution in [0.2, 0.25) is 0 Å². The molecule has 0 bridgehead atoms. The van der Waals surface area contributed by atoms with E-state index in [4.69, 9.17) is 0 Å². The van der Waals surface area contributed by atoms with Gasteiger partial charge in [0.15, 0.2) is 0 Å². The molecule has 5 heteroatoms. The SMILES string of the molecule is CC(P)(c1ccccc1)C1C=CCCC1.CC(P)(c1ccccc1)c1ccccc1.CC(P)(c1ccccc1)c1ccccc1.CC(P)(c1ccccc1)c1ccccc1.[W]. The van der Waals surface area contributed by atoms with Crippen LogP contribution in [0.5, 0.6) is 0 Å². The second-order valence-electron chi connectivity index (χ2n) is 16.4. The summed E-state index contributed by atoms with van der Waals surface area (Å²) in [6, 6.07) is 74.1. The summed E-state index contributed by atoms with van der Waals surface area (Å²) >= 11 is 0. The van der Waals surface area contributed by atoms with Crippen molar-refractivity contribution in [1.29, 1.82) is 0 Å². The fourth-order valence-corrected chi connectivity index (χ4v) is 9.15. The van der Waals surface area contributed by atoms with Gasteiger partial charge in [-0.2, -0.15) is 0 Å². The first-order valence-electron chi connectivity index (χ1n) is 21.1. The van der Waals surface area contributed by atoms with Gasteiger partial charge in [0.1, 0.15) is 0 Å². The minimum atomic E-state index is 0. The molecule has 61 heavy (non-hydrogen) atoms. The van der Waals surface area contributed by atoms with Crippen molar-refractivity contribution in [2.24, 2.45) is 5.92 Å². The Bertz CT molecular complexity index is 1930. The van der Waals surface area contributed by atoms with Gasteiger partial charge < -0.3 is 0 Å². The van der Waals surface area contributed by atoms with Gasteiger partial charge in [-0.1, -0.05) is 231 Å². The van der Waals surface area contributed by atoms with Gasteiger partial charge in [0, 0.05) is 41.7 Å².